The normalized spacial score (nSPS) is 11.0. The molecule has 90 valence electrons. The molecule has 0 aliphatic rings. The zero-order valence-electron chi connectivity index (χ0n) is 10.1. The summed E-state index contributed by atoms with van der Waals surface area (Å²) >= 11 is 0. The van der Waals surface area contributed by atoms with Crippen molar-refractivity contribution in [3.05, 3.63) is 36.2 Å². The van der Waals surface area contributed by atoms with Crippen LogP contribution in [0.2, 0.25) is 0 Å². The molecule has 0 atom stereocenters. The van der Waals surface area contributed by atoms with Gasteiger partial charge in [-0.15, -0.1) is 0 Å². The van der Waals surface area contributed by atoms with Gasteiger partial charge < -0.3 is 5.32 Å². The minimum absolute atomic E-state index is 0.115. The maximum atomic E-state index is 11.2. The van der Waals surface area contributed by atoms with Crippen LogP contribution in [0.1, 0.15) is 12.5 Å². The first-order chi connectivity index (χ1) is 8.65. The third-order valence-corrected chi connectivity index (χ3v) is 2.76. The highest BCUT2D eigenvalue weighted by atomic mass is 16.1. The first-order valence-corrected chi connectivity index (χ1v) is 5.66. The fraction of sp³-hybridized carbons (Fsp3) is 0.154. The van der Waals surface area contributed by atoms with Crippen molar-refractivity contribution in [2.45, 2.75) is 13.8 Å². The number of rotatable bonds is 1. The zero-order valence-corrected chi connectivity index (χ0v) is 10.1. The van der Waals surface area contributed by atoms with Crippen LogP contribution in [-0.2, 0) is 4.79 Å². The Hall–Kier alpha value is -2.43. The summed E-state index contributed by atoms with van der Waals surface area (Å²) in [5, 5.41) is 2.77. The van der Waals surface area contributed by atoms with Crippen molar-refractivity contribution in [3.8, 4) is 0 Å². The maximum Gasteiger partial charge on any atom is 0.221 e. The van der Waals surface area contributed by atoms with Crippen molar-refractivity contribution >= 4 is 28.4 Å². The second-order valence-corrected chi connectivity index (χ2v) is 4.26. The Morgan fingerprint density at radius 1 is 1.39 bits per heavy atom. The van der Waals surface area contributed by atoms with Gasteiger partial charge in [0.2, 0.25) is 5.91 Å². The number of nitrogens with zero attached hydrogens (tertiary/aromatic N) is 3. The number of carbonyl (C=O) groups excluding carboxylic acids is 1. The third-order valence-electron chi connectivity index (χ3n) is 2.76. The number of aryl methyl sites for hydroxylation is 1. The molecule has 0 unspecified atom stereocenters. The van der Waals surface area contributed by atoms with Crippen LogP contribution in [0.15, 0.2) is 30.6 Å². The van der Waals surface area contributed by atoms with Crippen molar-refractivity contribution < 1.29 is 4.79 Å². The first-order valence-electron chi connectivity index (χ1n) is 5.66. The number of amides is 1. The third kappa shape index (κ3) is 1.60. The van der Waals surface area contributed by atoms with Crippen molar-refractivity contribution in [3.63, 3.8) is 0 Å². The molecule has 0 aliphatic heterocycles. The molecule has 0 spiro atoms. The smallest absolute Gasteiger partial charge is 0.221 e. The lowest BCUT2D eigenvalue weighted by Crippen LogP contribution is -2.06. The molecule has 0 saturated carbocycles. The Morgan fingerprint density at radius 3 is 3.00 bits per heavy atom. The Balaban J connectivity index is 2.34. The number of fused-ring (bicyclic) bond motifs is 3. The van der Waals surface area contributed by atoms with Gasteiger partial charge >= 0.3 is 0 Å². The molecule has 0 saturated heterocycles. The summed E-state index contributed by atoms with van der Waals surface area (Å²) in [7, 11) is 0. The van der Waals surface area contributed by atoms with Gasteiger partial charge in [0, 0.05) is 19.3 Å². The molecule has 0 fully saturated rings. The van der Waals surface area contributed by atoms with Crippen LogP contribution in [0.3, 0.4) is 0 Å². The Morgan fingerprint density at radius 2 is 2.22 bits per heavy atom. The fourth-order valence-corrected chi connectivity index (χ4v) is 1.99. The van der Waals surface area contributed by atoms with Gasteiger partial charge in [-0.1, -0.05) is 0 Å². The minimum Gasteiger partial charge on any atom is -0.324 e. The number of hydrogen-bond acceptors (Lipinski definition) is 3. The SMILES string of the molecule is CC(=O)Nc1ccnc2c1nc1cc(C)ccn12. The van der Waals surface area contributed by atoms with Crippen molar-refractivity contribution in [1.82, 2.24) is 14.4 Å². The summed E-state index contributed by atoms with van der Waals surface area (Å²) in [6, 6.07) is 5.74. The average molecular weight is 240 g/mol. The molecule has 18 heavy (non-hydrogen) atoms. The van der Waals surface area contributed by atoms with E-state index in [1.54, 1.807) is 12.3 Å². The van der Waals surface area contributed by atoms with Crippen LogP contribution < -0.4 is 5.32 Å². The number of imidazole rings is 1. The lowest BCUT2D eigenvalue weighted by Gasteiger charge is -2.01. The summed E-state index contributed by atoms with van der Waals surface area (Å²) in [4.78, 5) is 20.0. The highest BCUT2D eigenvalue weighted by molar-refractivity contribution is 5.98. The molecule has 3 aromatic heterocycles. The number of nitrogens with one attached hydrogen (secondary N) is 1. The van der Waals surface area contributed by atoms with Gasteiger partial charge in [0.1, 0.15) is 11.2 Å². The molecular weight excluding hydrogens is 228 g/mol. The lowest BCUT2D eigenvalue weighted by molar-refractivity contribution is -0.114. The van der Waals surface area contributed by atoms with Crippen molar-refractivity contribution in [1.29, 1.82) is 0 Å². The van der Waals surface area contributed by atoms with E-state index in [0.717, 1.165) is 16.9 Å². The van der Waals surface area contributed by atoms with Gasteiger partial charge in [-0.05, 0) is 30.7 Å². The number of hydrogen-bond donors (Lipinski definition) is 1. The van der Waals surface area contributed by atoms with Crippen LogP contribution in [-0.4, -0.2) is 20.3 Å². The Bertz CT molecular complexity index is 760. The largest absolute Gasteiger partial charge is 0.324 e. The second-order valence-electron chi connectivity index (χ2n) is 4.26. The van der Waals surface area contributed by atoms with Gasteiger partial charge in [0.15, 0.2) is 5.65 Å². The van der Waals surface area contributed by atoms with Crippen molar-refractivity contribution in [2.24, 2.45) is 0 Å². The second kappa shape index (κ2) is 3.80. The Kier molecular flexibility index (Phi) is 2.26. The van der Waals surface area contributed by atoms with Crippen LogP contribution in [0.5, 0.6) is 0 Å². The summed E-state index contributed by atoms with van der Waals surface area (Å²) in [5.41, 5.74) is 4.11. The summed E-state index contributed by atoms with van der Waals surface area (Å²) in [6.45, 7) is 3.49. The van der Waals surface area contributed by atoms with Crippen LogP contribution in [0.25, 0.3) is 16.8 Å². The molecule has 0 aliphatic carbocycles. The highest BCUT2D eigenvalue weighted by Gasteiger charge is 2.10. The summed E-state index contributed by atoms with van der Waals surface area (Å²) < 4.78 is 1.91. The number of anilines is 1. The molecule has 3 heterocycles. The van der Waals surface area contributed by atoms with Gasteiger partial charge in [0.25, 0.3) is 0 Å². The fourth-order valence-electron chi connectivity index (χ4n) is 1.99. The molecule has 5 nitrogen and oxygen atoms in total. The van der Waals surface area contributed by atoms with E-state index in [0.29, 0.717) is 11.2 Å². The van der Waals surface area contributed by atoms with Gasteiger partial charge in [-0.25, -0.2) is 9.97 Å². The van der Waals surface area contributed by atoms with E-state index >= 15 is 0 Å². The molecule has 0 aromatic carbocycles. The predicted molar refractivity (Wildman–Crippen MR) is 69.5 cm³/mol. The van der Waals surface area contributed by atoms with E-state index in [4.69, 9.17) is 0 Å². The molecule has 1 N–H and O–H groups in total. The molecule has 0 radical (unpaired) electrons. The minimum atomic E-state index is -0.115. The predicted octanol–water partition coefficient (Wildman–Crippen LogP) is 2.15. The number of aromatic nitrogens is 3. The standard InChI is InChI=1S/C13H12N4O/c1-8-4-6-17-11(7-8)16-12-10(15-9(2)18)3-5-14-13(12)17/h3-7H,1-2H3,(H,14,15,18). The number of pyridine rings is 2. The average Bonchev–Trinajstić information content (AvgIpc) is 2.67. The van der Waals surface area contributed by atoms with E-state index < -0.39 is 0 Å². The van der Waals surface area contributed by atoms with Crippen LogP contribution in [0, 0.1) is 6.92 Å². The molecule has 5 heteroatoms. The topological polar surface area (TPSA) is 59.3 Å². The highest BCUT2D eigenvalue weighted by Crippen LogP contribution is 2.22. The van der Waals surface area contributed by atoms with E-state index in [2.05, 4.69) is 15.3 Å². The van der Waals surface area contributed by atoms with Crippen LogP contribution in [0.4, 0.5) is 5.69 Å². The van der Waals surface area contributed by atoms with Crippen LogP contribution >= 0.6 is 0 Å². The van der Waals surface area contributed by atoms with Gasteiger partial charge in [-0.3, -0.25) is 9.20 Å². The number of carbonyl (C=O) groups is 1. The summed E-state index contributed by atoms with van der Waals surface area (Å²) in [5.74, 6) is -0.115. The Labute approximate surface area is 103 Å². The van der Waals surface area contributed by atoms with E-state index in [9.17, 15) is 4.79 Å². The van der Waals surface area contributed by atoms with E-state index in [-0.39, 0.29) is 5.91 Å². The molecule has 3 rings (SSSR count). The zero-order chi connectivity index (χ0) is 12.7. The molecule has 0 bridgehead atoms. The monoisotopic (exact) mass is 240 g/mol. The van der Waals surface area contributed by atoms with Gasteiger partial charge in [-0.2, -0.15) is 0 Å². The van der Waals surface area contributed by atoms with E-state index in [1.165, 1.54) is 6.92 Å². The van der Waals surface area contributed by atoms with Gasteiger partial charge in [0.05, 0.1) is 5.69 Å². The van der Waals surface area contributed by atoms with E-state index in [1.807, 2.05) is 29.7 Å². The summed E-state index contributed by atoms with van der Waals surface area (Å²) in [6.07, 6.45) is 3.60. The quantitative estimate of drug-likeness (QED) is 0.709. The molecule has 3 aromatic rings. The first kappa shape index (κ1) is 10.7. The van der Waals surface area contributed by atoms with Crippen molar-refractivity contribution in [2.75, 3.05) is 5.32 Å². The molecular formula is C13H12N4O. The molecule has 1 amide bonds. The maximum absolute atomic E-state index is 11.2. The lowest BCUT2D eigenvalue weighted by atomic mass is 10.3.